The Balaban J connectivity index is 1.62. The van der Waals surface area contributed by atoms with Crippen LogP contribution in [-0.2, 0) is 4.79 Å². The topological polar surface area (TPSA) is 84.6 Å². The first-order valence-electron chi connectivity index (χ1n) is 9.71. The van der Waals surface area contributed by atoms with Crippen molar-refractivity contribution in [2.75, 3.05) is 0 Å². The van der Waals surface area contributed by atoms with Crippen LogP contribution >= 0.6 is 0 Å². The van der Waals surface area contributed by atoms with E-state index in [0.717, 1.165) is 37.8 Å². The molecule has 0 aromatic carbocycles. The van der Waals surface area contributed by atoms with Crippen LogP contribution in [0.2, 0.25) is 0 Å². The Kier molecular flexibility index (Phi) is 3.82. The Morgan fingerprint density at radius 2 is 1.88 bits per heavy atom. The third kappa shape index (κ3) is 2.46. The number of hydrogen-bond acceptors (Lipinski definition) is 3. The summed E-state index contributed by atoms with van der Waals surface area (Å²) < 4.78 is 0. The molecule has 2 amide bonds. The predicted molar refractivity (Wildman–Crippen MR) is 96.9 cm³/mol. The van der Waals surface area contributed by atoms with Crippen LogP contribution in [0.4, 0.5) is 4.79 Å². The quantitative estimate of drug-likeness (QED) is 0.714. The smallest absolute Gasteiger partial charge is 0.332 e. The molecule has 0 unspecified atom stereocenters. The Labute approximate surface area is 149 Å². The Hall–Kier alpha value is -1.65. The second-order valence-corrected chi connectivity index (χ2v) is 9.00. The van der Waals surface area contributed by atoms with Gasteiger partial charge in [0.05, 0.1) is 0 Å². The monoisotopic (exact) mass is 343 g/mol. The average molecular weight is 343 g/mol. The van der Waals surface area contributed by atoms with Crippen LogP contribution in [-0.4, -0.2) is 17.5 Å². The van der Waals surface area contributed by atoms with Gasteiger partial charge in [-0.15, -0.1) is 0 Å². The second-order valence-electron chi connectivity index (χ2n) is 9.00. The van der Waals surface area contributed by atoms with Gasteiger partial charge in [-0.05, 0) is 74.2 Å². The molecule has 5 atom stereocenters. The van der Waals surface area contributed by atoms with Crippen LogP contribution < -0.4 is 11.2 Å². The fraction of sp³-hybridized carbons (Fsp3) is 0.750. The number of ketones is 1. The number of rotatable bonds is 1. The summed E-state index contributed by atoms with van der Waals surface area (Å²) in [6.45, 7) is 4.74. The summed E-state index contributed by atoms with van der Waals surface area (Å²) in [5, 5.41) is 4.36. The molecule has 4 aliphatic rings. The van der Waals surface area contributed by atoms with Gasteiger partial charge in [-0.1, -0.05) is 19.4 Å². The third-order valence-electron chi connectivity index (χ3n) is 8.00. The maximum atomic E-state index is 11.9. The molecule has 25 heavy (non-hydrogen) atoms. The summed E-state index contributed by atoms with van der Waals surface area (Å²) in [7, 11) is 0. The van der Waals surface area contributed by atoms with E-state index in [1.54, 1.807) is 0 Å². The summed E-state index contributed by atoms with van der Waals surface area (Å²) in [5.74, 6) is 2.34. The van der Waals surface area contributed by atoms with E-state index in [0.29, 0.717) is 30.0 Å². The molecule has 4 rings (SSSR count). The number of carbonyl (C=O) groups is 2. The molecule has 0 aromatic rings. The minimum Gasteiger partial charge on any atom is -0.350 e. The number of nitrogens with two attached hydrogens (primary N) is 1. The summed E-state index contributed by atoms with van der Waals surface area (Å²) in [6, 6.07) is -0.583. The Morgan fingerprint density at radius 3 is 2.64 bits per heavy atom. The fourth-order valence-electron chi connectivity index (χ4n) is 6.65. The summed E-state index contributed by atoms with van der Waals surface area (Å²) in [4.78, 5) is 22.9. The summed E-state index contributed by atoms with van der Waals surface area (Å²) >= 11 is 0. The zero-order chi connectivity index (χ0) is 17.8. The van der Waals surface area contributed by atoms with Gasteiger partial charge >= 0.3 is 6.03 Å². The van der Waals surface area contributed by atoms with E-state index < -0.39 is 6.03 Å². The first-order chi connectivity index (χ1) is 11.8. The van der Waals surface area contributed by atoms with Crippen molar-refractivity contribution in [1.29, 1.82) is 0 Å². The molecule has 0 bridgehead atoms. The third-order valence-corrected chi connectivity index (χ3v) is 8.00. The largest absolute Gasteiger partial charge is 0.350 e. The molecule has 4 aliphatic carbocycles. The van der Waals surface area contributed by atoms with Crippen LogP contribution in [0, 0.1) is 28.6 Å². The van der Waals surface area contributed by atoms with Crippen molar-refractivity contribution in [3.63, 3.8) is 0 Å². The molecular formula is C20H29N3O2. The van der Waals surface area contributed by atoms with E-state index in [4.69, 9.17) is 5.73 Å². The summed E-state index contributed by atoms with van der Waals surface area (Å²) in [6.07, 6.45) is 10.4. The van der Waals surface area contributed by atoms with Crippen LogP contribution in [0.25, 0.3) is 0 Å². The first kappa shape index (κ1) is 16.8. The minimum absolute atomic E-state index is 0.0890. The highest BCUT2D eigenvalue weighted by Crippen LogP contribution is 2.64. The molecule has 5 nitrogen and oxygen atoms in total. The van der Waals surface area contributed by atoms with Gasteiger partial charge in [0.15, 0.2) is 5.78 Å². The van der Waals surface area contributed by atoms with E-state index in [2.05, 4.69) is 24.4 Å². The van der Waals surface area contributed by atoms with Crippen molar-refractivity contribution >= 4 is 17.5 Å². The number of carbonyl (C=O) groups excluding carboxylic acids is 2. The second kappa shape index (κ2) is 5.68. The lowest BCUT2D eigenvalue weighted by molar-refractivity contribution is -0.117. The maximum Gasteiger partial charge on any atom is 0.332 e. The number of hydrogen-bond donors (Lipinski definition) is 2. The van der Waals surface area contributed by atoms with Crippen LogP contribution in [0.15, 0.2) is 16.8 Å². The van der Waals surface area contributed by atoms with E-state index in [9.17, 15) is 9.59 Å². The molecule has 5 heteroatoms. The van der Waals surface area contributed by atoms with E-state index >= 15 is 0 Å². The Bertz CT molecular complexity index is 682. The van der Waals surface area contributed by atoms with Crippen molar-refractivity contribution < 1.29 is 9.59 Å². The van der Waals surface area contributed by atoms with Crippen molar-refractivity contribution in [1.82, 2.24) is 5.43 Å². The highest BCUT2D eigenvalue weighted by Gasteiger charge is 2.58. The zero-order valence-corrected chi connectivity index (χ0v) is 15.3. The zero-order valence-electron chi connectivity index (χ0n) is 15.3. The molecule has 3 N–H and O–H groups in total. The molecule has 3 saturated carbocycles. The highest BCUT2D eigenvalue weighted by molar-refractivity contribution is 5.93. The van der Waals surface area contributed by atoms with E-state index in [1.165, 1.54) is 18.4 Å². The number of fused-ring (bicyclic) bond motifs is 5. The lowest BCUT2D eigenvalue weighted by Crippen LogP contribution is -2.50. The van der Waals surface area contributed by atoms with Crippen molar-refractivity contribution in [2.24, 2.45) is 39.4 Å². The lowest BCUT2D eigenvalue weighted by Gasteiger charge is -2.57. The number of nitrogens with one attached hydrogen (secondary N) is 1. The molecule has 136 valence electrons. The number of primary amides is 1. The fourth-order valence-corrected chi connectivity index (χ4v) is 6.65. The van der Waals surface area contributed by atoms with E-state index in [1.807, 2.05) is 6.08 Å². The highest BCUT2D eigenvalue weighted by atomic mass is 16.2. The number of hydrazone groups is 1. The molecule has 0 aromatic heterocycles. The molecule has 0 heterocycles. The lowest BCUT2D eigenvalue weighted by atomic mass is 9.47. The predicted octanol–water partition coefficient (Wildman–Crippen LogP) is 3.54. The normalized spacial score (nSPS) is 44.6. The van der Waals surface area contributed by atoms with Crippen molar-refractivity contribution in [2.45, 2.75) is 65.2 Å². The Morgan fingerprint density at radius 1 is 1.12 bits per heavy atom. The van der Waals surface area contributed by atoms with Gasteiger partial charge in [0.25, 0.3) is 0 Å². The SMILES string of the molecule is C[C@]12CCC(=O)C=C1CC[C@@H]1[C@H]2CC[C@]2(C)/C(=N\NC(N)=O)CC[C@@H]12. The maximum absolute atomic E-state index is 11.9. The molecule has 0 spiro atoms. The van der Waals surface area contributed by atoms with Gasteiger partial charge in [-0.3, -0.25) is 4.79 Å². The standard InChI is InChI=1S/C20H29N3O2/c1-19-9-7-13(24)11-12(19)3-4-14-15-5-6-17(22-23-18(21)25)20(15,2)10-8-16(14)19/h11,14-16H,3-10H2,1-2H3,(H3,21,23,25)/b22-17-/t14-,15-,16+,19-,20-/m0/s1. The van der Waals surface area contributed by atoms with Crippen LogP contribution in [0.3, 0.4) is 0 Å². The van der Waals surface area contributed by atoms with Gasteiger partial charge in [-0.2, -0.15) is 5.10 Å². The van der Waals surface area contributed by atoms with Crippen LogP contribution in [0.5, 0.6) is 0 Å². The number of urea groups is 1. The van der Waals surface area contributed by atoms with Gasteiger partial charge < -0.3 is 5.73 Å². The molecule has 0 saturated heterocycles. The average Bonchev–Trinajstić information content (AvgIpc) is 2.90. The van der Waals surface area contributed by atoms with Gasteiger partial charge in [0.2, 0.25) is 0 Å². The van der Waals surface area contributed by atoms with Gasteiger partial charge in [0, 0.05) is 17.5 Å². The first-order valence-corrected chi connectivity index (χ1v) is 9.71. The number of allylic oxidation sites excluding steroid dienone is 1. The number of nitrogens with zero attached hydrogens (tertiary/aromatic N) is 1. The molecular weight excluding hydrogens is 314 g/mol. The van der Waals surface area contributed by atoms with Crippen molar-refractivity contribution in [3.05, 3.63) is 11.6 Å². The number of amides is 2. The molecule has 0 aliphatic heterocycles. The van der Waals surface area contributed by atoms with Gasteiger partial charge in [-0.25, -0.2) is 10.2 Å². The minimum atomic E-state index is -0.583. The molecule has 0 radical (unpaired) electrons. The van der Waals surface area contributed by atoms with E-state index in [-0.39, 0.29) is 10.8 Å². The summed E-state index contributed by atoms with van der Waals surface area (Å²) in [5.41, 5.74) is 10.5. The van der Waals surface area contributed by atoms with Crippen LogP contribution in [0.1, 0.15) is 65.2 Å². The van der Waals surface area contributed by atoms with Crippen molar-refractivity contribution in [3.8, 4) is 0 Å². The van der Waals surface area contributed by atoms with Gasteiger partial charge in [0.1, 0.15) is 0 Å². The molecule has 3 fully saturated rings.